The number of benzene rings is 1. The maximum Gasteiger partial charge on any atom is 0.128 e. The zero-order valence-corrected chi connectivity index (χ0v) is 11.6. The van der Waals surface area contributed by atoms with Gasteiger partial charge in [0, 0.05) is 16.6 Å². The molecule has 18 heavy (non-hydrogen) atoms. The monoisotopic (exact) mass is 269 g/mol. The minimum absolute atomic E-state index is 0.221. The summed E-state index contributed by atoms with van der Waals surface area (Å²) in [4.78, 5) is 0. The van der Waals surface area contributed by atoms with Crippen LogP contribution in [0.15, 0.2) is 18.2 Å². The van der Waals surface area contributed by atoms with Crippen molar-refractivity contribution in [3.05, 3.63) is 34.6 Å². The van der Waals surface area contributed by atoms with Gasteiger partial charge in [0.15, 0.2) is 0 Å². The van der Waals surface area contributed by atoms with E-state index >= 15 is 0 Å². The highest BCUT2D eigenvalue weighted by Gasteiger charge is 2.27. The summed E-state index contributed by atoms with van der Waals surface area (Å²) in [5.41, 5.74) is 6.80. The molecule has 0 heterocycles. The fraction of sp³-hybridized carbons (Fsp3) is 0.600. The lowest BCUT2D eigenvalue weighted by molar-refractivity contribution is 0.237. The molecule has 0 aliphatic heterocycles. The third-order valence-electron chi connectivity index (χ3n) is 4.29. The van der Waals surface area contributed by atoms with Gasteiger partial charge in [-0.15, -0.1) is 0 Å². The van der Waals surface area contributed by atoms with E-state index in [2.05, 4.69) is 6.92 Å². The molecule has 0 spiro atoms. The molecule has 2 rings (SSSR count). The number of hydrogen-bond donors (Lipinski definition) is 1. The summed E-state index contributed by atoms with van der Waals surface area (Å²) in [6.07, 6.45) is 5.89. The molecule has 0 aromatic heterocycles. The molecule has 1 nitrogen and oxygen atoms in total. The van der Waals surface area contributed by atoms with Crippen LogP contribution in [-0.4, -0.2) is 0 Å². The van der Waals surface area contributed by atoms with Gasteiger partial charge in [0.1, 0.15) is 5.82 Å². The molecule has 0 radical (unpaired) electrons. The van der Waals surface area contributed by atoms with Gasteiger partial charge in [-0.05, 0) is 42.9 Å². The number of hydrogen-bond acceptors (Lipinski definition) is 1. The minimum Gasteiger partial charge on any atom is -0.324 e. The number of nitrogens with two attached hydrogens (primary N) is 1. The molecule has 1 aliphatic rings. The van der Waals surface area contributed by atoms with Crippen molar-refractivity contribution < 1.29 is 4.39 Å². The molecule has 100 valence electrons. The zero-order chi connectivity index (χ0) is 13.1. The lowest BCUT2D eigenvalue weighted by atomic mass is 9.76. The van der Waals surface area contributed by atoms with Crippen LogP contribution in [0.2, 0.25) is 5.02 Å². The molecular formula is C15H21ClFN. The van der Waals surface area contributed by atoms with Crippen LogP contribution in [0.1, 0.15) is 50.6 Å². The molecule has 1 saturated carbocycles. The molecule has 1 unspecified atom stereocenters. The lowest BCUT2D eigenvalue weighted by Gasteiger charge is -2.32. The van der Waals surface area contributed by atoms with E-state index in [1.807, 2.05) is 0 Å². The Bertz CT molecular complexity index is 399. The Labute approximate surface area is 114 Å². The number of halogens is 2. The second-order valence-corrected chi connectivity index (χ2v) is 5.82. The van der Waals surface area contributed by atoms with Crippen molar-refractivity contribution in [2.24, 2.45) is 17.6 Å². The first kappa shape index (κ1) is 13.8. The molecule has 1 aliphatic carbocycles. The standard InChI is InChI=1S/C15H21ClFN/c1-2-10-3-5-11(6-4-10)15(18)13-9-12(16)7-8-14(13)17/h7-11,15H,2-6,18H2,1H3. The third kappa shape index (κ3) is 3.04. The Hall–Kier alpha value is -0.600. The molecule has 1 aromatic carbocycles. The van der Waals surface area contributed by atoms with Crippen LogP contribution in [0.4, 0.5) is 4.39 Å². The van der Waals surface area contributed by atoms with E-state index in [-0.39, 0.29) is 11.9 Å². The Morgan fingerprint density at radius 1 is 1.33 bits per heavy atom. The largest absolute Gasteiger partial charge is 0.324 e. The lowest BCUT2D eigenvalue weighted by Crippen LogP contribution is -2.26. The average molecular weight is 270 g/mol. The van der Waals surface area contributed by atoms with Gasteiger partial charge in [-0.3, -0.25) is 0 Å². The van der Waals surface area contributed by atoms with Gasteiger partial charge in [0.2, 0.25) is 0 Å². The fourth-order valence-corrected chi connectivity index (χ4v) is 3.16. The molecule has 1 aromatic rings. The highest BCUT2D eigenvalue weighted by molar-refractivity contribution is 6.30. The van der Waals surface area contributed by atoms with E-state index in [9.17, 15) is 4.39 Å². The van der Waals surface area contributed by atoms with Crippen LogP contribution in [0.25, 0.3) is 0 Å². The van der Waals surface area contributed by atoms with Gasteiger partial charge in [0.05, 0.1) is 0 Å². The Morgan fingerprint density at radius 3 is 2.61 bits per heavy atom. The maximum atomic E-state index is 13.8. The molecular weight excluding hydrogens is 249 g/mol. The van der Waals surface area contributed by atoms with E-state index in [0.29, 0.717) is 16.5 Å². The second kappa shape index (κ2) is 6.03. The number of rotatable bonds is 3. The van der Waals surface area contributed by atoms with E-state index in [1.54, 1.807) is 12.1 Å². The van der Waals surface area contributed by atoms with Crippen LogP contribution in [0, 0.1) is 17.7 Å². The van der Waals surface area contributed by atoms with E-state index in [4.69, 9.17) is 17.3 Å². The van der Waals surface area contributed by atoms with Crippen molar-refractivity contribution in [1.82, 2.24) is 0 Å². The van der Waals surface area contributed by atoms with Crippen LogP contribution in [0.3, 0.4) is 0 Å². The van der Waals surface area contributed by atoms with E-state index in [1.165, 1.54) is 25.3 Å². The molecule has 1 fully saturated rings. The van der Waals surface area contributed by atoms with Crippen molar-refractivity contribution in [2.75, 3.05) is 0 Å². The highest BCUT2D eigenvalue weighted by atomic mass is 35.5. The fourth-order valence-electron chi connectivity index (χ4n) is 2.98. The van der Waals surface area contributed by atoms with Crippen LogP contribution < -0.4 is 5.73 Å². The van der Waals surface area contributed by atoms with Gasteiger partial charge in [-0.1, -0.05) is 37.8 Å². The summed E-state index contributed by atoms with van der Waals surface area (Å²) in [6, 6.07) is 4.44. The second-order valence-electron chi connectivity index (χ2n) is 5.38. The van der Waals surface area contributed by atoms with Crippen molar-refractivity contribution in [2.45, 2.75) is 45.1 Å². The van der Waals surface area contributed by atoms with Crippen molar-refractivity contribution >= 4 is 11.6 Å². The molecule has 0 amide bonds. The predicted molar refractivity (Wildman–Crippen MR) is 74.1 cm³/mol. The molecule has 3 heteroatoms. The van der Waals surface area contributed by atoms with Gasteiger partial charge < -0.3 is 5.73 Å². The summed E-state index contributed by atoms with van der Waals surface area (Å²) in [6.45, 7) is 2.24. The summed E-state index contributed by atoms with van der Waals surface area (Å²) in [5, 5.41) is 0.559. The van der Waals surface area contributed by atoms with Gasteiger partial charge >= 0.3 is 0 Å². The van der Waals surface area contributed by atoms with Gasteiger partial charge in [-0.25, -0.2) is 4.39 Å². The van der Waals surface area contributed by atoms with E-state index in [0.717, 1.165) is 18.8 Å². The normalized spacial score (nSPS) is 26.0. The molecule has 1 atom stereocenters. The zero-order valence-electron chi connectivity index (χ0n) is 10.8. The summed E-state index contributed by atoms with van der Waals surface area (Å²) < 4.78 is 13.8. The quantitative estimate of drug-likeness (QED) is 0.846. The van der Waals surface area contributed by atoms with Crippen LogP contribution >= 0.6 is 11.6 Å². The average Bonchev–Trinajstić information content (AvgIpc) is 2.41. The van der Waals surface area contributed by atoms with Gasteiger partial charge in [0.25, 0.3) is 0 Å². The Morgan fingerprint density at radius 2 is 2.00 bits per heavy atom. The molecule has 0 bridgehead atoms. The smallest absolute Gasteiger partial charge is 0.128 e. The van der Waals surface area contributed by atoms with Gasteiger partial charge in [-0.2, -0.15) is 0 Å². The Kier molecular flexibility index (Phi) is 4.63. The molecule has 0 saturated heterocycles. The van der Waals surface area contributed by atoms with Crippen molar-refractivity contribution in [3.8, 4) is 0 Å². The first-order chi connectivity index (χ1) is 8.61. The topological polar surface area (TPSA) is 26.0 Å². The van der Waals surface area contributed by atoms with Crippen LogP contribution in [0.5, 0.6) is 0 Å². The predicted octanol–water partition coefficient (Wildman–Crippen LogP) is 4.70. The van der Waals surface area contributed by atoms with Crippen molar-refractivity contribution in [3.63, 3.8) is 0 Å². The minimum atomic E-state index is -0.232. The summed E-state index contributed by atoms with van der Waals surface area (Å²) >= 11 is 5.92. The van der Waals surface area contributed by atoms with Crippen molar-refractivity contribution in [1.29, 1.82) is 0 Å². The summed E-state index contributed by atoms with van der Waals surface area (Å²) in [5.74, 6) is 0.989. The third-order valence-corrected chi connectivity index (χ3v) is 4.53. The first-order valence-electron chi connectivity index (χ1n) is 6.82. The molecule has 2 N–H and O–H groups in total. The van der Waals surface area contributed by atoms with Crippen LogP contribution in [-0.2, 0) is 0 Å². The summed E-state index contributed by atoms with van der Waals surface area (Å²) in [7, 11) is 0. The van der Waals surface area contributed by atoms with E-state index < -0.39 is 0 Å². The Balaban J connectivity index is 2.07. The highest BCUT2D eigenvalue weighted by Crippen LogP contribution is 2.37. The SMILES string of the molecule is CCC1CCC(C(N)c2cc(Cl)ccc2F)CC1. The maximum absolute atomic E-state index is 13.8. The first-order valence-corrected chi connectivity index (χ1v) is 7.20.